The number of carboxylic acid groups (broad SMARTS) is 1. The van der Waals surface area contributed by atoms with Gasteiger partial charge in [-0.05, 0) is 39.2 Å². The van der Waals surface area contributed by atoms with E-state index in [2.05, 4.69) is 4.72 Å². The van der Waals surface area contributed by atoms with Crippen LogP contribution in [0.25, 0.3) is 0 Å². The second-order valence-electron chi connectivity index (χ2n) is 4.41. The van der Waals surface area contributed by atoms with Gasteiger partial charge >= 0.3 is 5.97 Å². The molecular weight excluding hydrogens is 250 g/mol. The van der Waals surface area contributed by atoms with E-state index in [1.807, 2.05) is 6.26 Å². The van der Waals surface area contributed by atoms with Gasteiger partial charge in [-0.1, -0.05) is 0 Å². The Bertz CT molecular complexity index is 332. The van der Waals surface area contributed by atoms with Gasteiger partial charge in [-0.2, -0.15) is 11.8 Å². The highest BCUT2D eigenvalue weighted by Gasteiger charge is 2.33. The topological polar surface area (TPSA) is 83.5 Å². The van der Waals surface area contributed by atoms with Crippen molar-refractivity contribution >= 4 is 27.8 Å². The molecule has 0 spiro atoms. The molecule has 0 aromatic carbocycles. The second-order valence-corrected chi connectivity index (χ2v) is 7.86. The molecule has 0 aliphatic rings. The lowest BCUT2D eigenvalue weighted by Gasteiger charge is -2.23. The third kappa shape index (κ3) is 4.71. The maximum absolute atomic E-state index is 11.7. The number of hydrogen-bond acceptors (Lipinski definition) is 4. The smallest absolute Gasteiger partial charge is 0.321 e. The van der Waals surface area contributed by atoms with Gasteiger partial charge in [0.05, 0.1) is 4.75 Å². The zero-order valence-electron chi connectivity index (χ0n) is 9.98. The van der Waals surface area contributed by atoms with Crippen molar-refractivity contribution in [3.63, 3.8) is 0 Å². The third-order valence-electron chi connectivity index (χ3n) is 2.01. The molecular formula is C9H19NO4S2. The maximum atomic E-state index is 11.7. The van der Waals surface area contributed by atoms with Crippen LogP contribution >= 0.6 is 11.8 Å². The number of sulfonamides is 1. The molecule has 0 aliphatic heterocycles. The predicted molar refractivity (Wildman–Crippen MR) is 66.2 cm³/mol. The number of thioether (sulfide) groups is 1. The van der Waals surface area contributed by atoms with Gasteiger partial charge in [0.15, 0.2) is 0 Å². The highest BCUT2D eigenvalue weighted by molar-refractivity contribution is 7.98. The number of aliphatic carboxylic acids is 1. The van der Waals surface area contributed by atoms with Gasteiger partial charge in [0.25, 0.3) is 0 Å². The van der Waals surface area contributed by atoms with Crippen LogP contribution in [-0.4, -0.2) is 42.3 Å². The van der Waals surface area contributed by atoms with Crippen LogP contribution in [0.5, 0.6) is 0 Å². The minimum absolute atomic E-state index is 0.284. The van der Waals surface area contributed by atoms with Gasteiger partial charge in [0, 0.05) is 0 Å². The maximum Gasteiger partial charge on any atom is 0.321 e. The Morgan fingerprint density at radius 3 is 2.25 bits per heavy atom. The van der Waals surface area contributed by atoms with Gasteiger partial charge in [0.1, 0.15) is 6.04 Å². The quantitative estimate of drug-likeness (QED) is 0.749. The summed E-state index contributed by atoms with van der Waals surface area (Å²) in [5.41, 5.74) is 0. The van der Waals surface area contributed by atoms with Crippen molar-refractivity contribution in [2.45, 2.75) is 38.0 Å². The van der Waals surface area contributed by atoms with Gasteiger partial charge in [0.2, 0.25) is 10.0 Å². The van der Waals surface area contributed by atoms with E-state index in [1.54, 1.807) is 0 Å². The molecule has 0 aromatic rings. The summed E-state index contributed by atoms with van der Waals surface area (Å²) in [6.07, 6.45) is 2.13. The van der Waals surface area contributed by atoms with E-state index in [0.29, 0.717) is 5.75 Å². The summed E-state index contributed by atoms with van der Waals surface area (Å²) in [5.74, 6) is -0.536. The lowest BCUT2D eigenvalue weighted by atomic mass is 10.2. The fraction of sp³-hybridized carbons (Fsp3) is 0.889. The summed E-state index contributed by atoms with van der Waals surface area (Å²) in [5, 5.41) is 8.89. The first-order valence-electron chi connectivity index (χ1n) is 4.85. The van der Waals surface area contributed by atoms with E-state index in [0.717, 1.165) is 0 Å². The van der Waals surface area contributed by atoms with E-state index < -0.39 is 26.8 Å². The average molecular weight is 269 g/mol. The number of nitrogens with one attached hydrogen (secondary N) is 1. The van der Waals surface area contributed by atoms with Gasteiger partial charge in [-0.25, -0.2) is 13.1 Å². The van der Waals surface area contributed by atoms with E-state index in [1.165, 1.54) is 32.5 Å². The van der Waals surface area contributed by atoms with Crippen molar-refractivity contribution in [3.05, 3.63) is 0 Å². The number of carbonyl (C=O) groups is 1. The Labute approximate surface area is 101 Å². The van der Waals surface area contributed by atoms with Crippen LogP contribution in [0.2, 0.25) is 0 Å². The summed E-state index contributed by atoms with van der Waals surface area (Å²) in [6.45, 7) is 4.59. The number of rotatable bonds is 6. The van der Waals surface area contributed by atoms with Crippen LogP contribution < -0.4 is 4.72 Å². The Kier molecular flexibility index (Phi) is 5.78. The average Bonchev–Trinajstić information content (AvgIpc) is 2.09. The van der Waals surface area contributed by atoms with Crippen LogP contribution in [0.4, 0.5) is 0 Å². The summed E-state index contributed by atoms with van der Waals surface area (Å²) < 4.78 is 24.7. The molecule has 0 unspecified atom stereocenters. The molecule has 7 heteroatoms. The first-order valence-corrected chi connectivity index (χ1v) is 7.73. The fourth-order valence-electron chi connectivity index (χ4n) is 0.833. The van der Waals surface area contributed by atoms with Crippen molar-refractivity contribution < 1.29 is 18.3 Å². The summed E-state index contributed by atoms with van der Waals surface area (Å²) in [7, 11) is -3.61. The SMILES string of the molecule is CSCC[C@H](NS(=O)(=O)C(C)(C)C)C(=O)O. The van der Waals surface area contributed by atoms with Gasteiger partial charge in [-0.3, -0.25) is 4.79 Å². The minimum atomic E-state index is -3.61. The number of carboxylic acids is 1. The van der Waals surface area contributed by atoms with Crippen LogP contribution in [-0.2, 0) is 14.8 Å². The molecule has 0 heterocycles. The Morgan fingerprint density at radius 1 is 1.44 bits per heavy atom. The molecule has 0 bridgehead atoms. The molecule has 0 saturated carbocycles. The number of hydrogen-bond donors (Lipinski definition) is 2. The van der Waals surface area contributed by atoms with Gasteiger partial charge < -0.3 is 5.11 Å². The highest BCUT2D eigenvalue weighted by atomic mass is 32.2. The third-order valence-corrected chi connectivity index (χ3v) is 4.86. The standard InChI is InChI=1S/C9H19NO4S2/c1-9(2,3)16(13,14)10-7(8(11)12)5-6-15-4/h7,10H,5-6H2,1-4H3,(H,11,12)/t7-/m0/s1. The molecule has 0 amide bonds. The van der Waals surface area contributed by atoms with E-state index in [9.17, 15) is 13.2 Å². The van der Waals surface area contributed by atoms with Crippen molar-refractivity contribution in [1.29, 1.82) is 0 Å². The Hall–Kier alpha value is -0.270. The molecule has 5 nitrogen and oxygen atoms in total. The second kappa shape index (κ2) is 5.88. The van der Waals surface area contributed by atoms with Crippen LogP contribution in [0.15, 0.2) is 0 Å². The first kappa shape index (κ1) is 15.7. The predicted octanol–water partition coefficient (Wildman–Crippen LogP) is 0.911. The molecule has 0 rings (SSSR count). The van der Waals surface area contributed by atoms with Crippen molar-refractivity contribution in [3.8, 4) is 0 Å². The normalized spacial score (nSPS) is 14.8. The minimum Gasteiger partial charge on any atom is -0.480 e. The largest absolute Gasteiger partial charge is 0.480 e. The molecule has 0 aromatic heterocycles. The molecule has 0 radical (unpaired) electrons. The van der Waals surface area contributed by atoms with Gasteiger partial charge in [-0.15, -0.1) is 0 Å². The van der Waals surface area contributed by atoms with E-state index in [-0.39, 0.29) is 6.42 Å². The molecule has 96 valence electrons. The van der Waals surface area contributed by atoms with Crippen LogP contribution in [0, 0.1) is 0 Å². The molecule has 0 saturated heterocycles. The van der Waals surface area contributed by atoms with Crippen LogP contribution in [0.3, 0.4) is 0 Å². The van der Waals surface area contributed by atoms with E-state index in [4.69, 9.17) is 5.11 Å². The lowest BCUT2D eigenvalue weighted by molar-refractivity contribution is -0.139. The van der Waals surface area contributed by atoms with Crippen molar-refractivity contribution in [2.24, 2.45) is 0 Å². The highest BCUT2D eigenvalue weighted by Crippen LogP contribution is 2.15. The molecule has 0 fully saturated rings. The molecule has 1 atom stereocenters. The molecule has 0 aliphatic carbocycles. The Morgan fingerprint density at radius 2 is 1.94 bits per heavy atom. The van der Waals surface area contributed by atoms with E-state index >= 15 is 0 Å². The fourth-order valence-corrected chi connectivity index (χ4v) is 2.25. The summed E-state index contributed by atoms with van der Waals surface area (Å²) in [4.78, 5) is 10.9. The first-order chi connectivity index (χ1) is 7.12. The summed E-state index contributed by atoms with van der Waals surface area (Å²) in [6, 6.07) is -1.04. The lowest BCUT2D eigenvalue weighted by Crippen LogP contribution is -2.48. The summed E-state index contributed by atoms with van der Waals surface area (Å²) >= 11 is 1.48. The monoisotopic (exact) mass is 269 g/mol. The van der Waals surface area contributed by atoms with Crippen molar-refractivity contribution in [1.82, 2.24) is 4.72 Å². The molecule has 2 N–H and O–H groups in total. The molecule has 16 heavy (non-hydrogen) atoms. The van der Waals surface area contributed by atoms with Crippen LogP contribution in [0.1, 0.15) is 27.2 Å². The van der Waals surface area contributed by atoms with Crippen molar-refractivity contribution in [2.75, 3.05) is 12.0 Å². The Balaban J connectivity index is 4.71. The zero-order chi connectivity index (χ0) is 13.0. The zero-order valence-corrected chi connectivity index (χ0v) is 11.6.